The Morgan fingerprint density at radius 1 is 1.23 bits per heavy atom. The molecule has 0 radical (unpaired) electrons. The molecular formula is C23H21Cl2F3N4O2S. The highest BCUT2D eigenvalue weighted by Gasteiger charge is 2.32. The predicted molar refractivity (Wildman–Crippen MR) is 128 cm³/mol. The molecule has 1 aliphatic rings. The summed E-state index contributed by atoms with van der Waals surface area (Å²) in [6.07, 6.45) is 1.45. The van der Waals surface area contributed by atoms with Crippen LogP contribution in [-0.4, -0.2) is 46.5 Å². The third-order valence-corrected chi connectivity index (χ3v) is 7.30. The van der Waals surface area contributed by atoms with Crippen molar-refractivity contribution >= 4 is 40.4 Å². The van der Waals surface area contributed by atoms with Crippen LogP contribution in [0.3, 0.4) is 0 Å². The Morgan fingerprint density at radius 3 is 2.69 bits per heavy atom. The van der Waals surface area contributed by atoms with Crippen LogP contribution in [-0.2, 0) is 0 Å². The van der Waals surface area contributed by atoms with Gasteiger partial charge in [-0.1, -0.05) is 29.3 Å². The summed E-state index contributed by atoms with van der Waals surface area (Å²) in [7, 11) is 0. The summed E-state index contributed by atoms with van der Waals surface area (Å²) < 4.78 is 47.4. The molecule has 3 aromatic rings. The van der Waals surface area contributed by atoms with Crippen LogP contribution in [0.2, 0.25) is 10.0 Å². The third kappa shape index (κ3) is 6.06. The van der Waals surface area contributed by atoms with E-state index in [2.05, 4.69) is 15.3 Å². The van der Waals surface area contributed by atoms with Crippen LogP contribution in [0.15, 0.2) is 42.2 Å². The van der Waals surface area contributed by atoms with Crippen LogP contribution in [0.4, 0.5) is 13.2 Å². The van der Waals surface area contributed by atoms with Gasteiger partial charge in [-0.15, -0.1) is 11.3 Å². The number of likely N-dealkylation sites (tertiary alicyclic amines) is 1. The van der Waals surface area contributed by atoms with Gasteiger partial charge in [0, 0.05) is 25.8 Å². The van der Waals surface area contributed by atoms with Gasteiger partial charge in [-0.2, -0.15) is 0 Å². The Morgan fingerprint density at radius 2 is 2.00 bits per heavy atom. The zero-order chi connectivity index (χ0) is 24.9. The van der Waals surface area contributed by atoms with Gasteiger partial charge in [-0.3, -0.25) is 14.7 Å². The average Bonchev–Trinajstić information content (AvgIpc) is 3.32. The number of hydrogen-bond donors (Lipinski definition) is 1. The molecule has 6 nitrogen and oxygen atoms in total. The molecule has 3 heterocycles. The summed E-state index contributed by atoms with van der Waals surface area (Å²) in [5, 5.41) is 3.09. The topological polar surface area (TPSA) is 67.4 Å². The molecular weight excluding hydrogens is 524 g/mol. The van der Waals surface area contributed by atoms with E-state index in [1.165, 1.54) is 17.6 Å². The highest BCUT2D eigenvalue weighted by Crippen LogP contribution is 2.35. The maximum atomic E-state index is 14.2. The van der Waals surface area contributed by atoms with Crippen molar-refractivity contribution in [2.45, 2.75) is 31.4 Å². The summed E-state index contributed by atoms with van der Waals surface area (Å²) in [5.41, 5.74) is 0.755. The molecule has 1 N–H and O–H groups in total. The fraction of sp³-hybridized carbons (Fsp3) is 0.348. The maximum absolute atomic E-state index is 14.2. The highest BCUT2D eigenvalue weighted by atomic mass is 35.5. The van der Waals surface area contributed by atoms with E-state index in [-0.39, 0.29) is 28.9 Å². The molecule has 1 aromatic carbocycles. The largest absolute Gasteiger partial charge is 0.487 e. The van der Waals surface area contributed by atoms with Gasteiger partial charge < -0.3 is 10.1 Å². The molecule has 1 unspecified atom stereocenters. The molecule has 1 amide bonds. The van der Waals surface area contributed by atoms with Crippen molar-refractivity contribution in [3.8, 4) is 5.75 Å². The smallest absolute Gasteiger partial charge is 0.281 e. The summed E-state index contributed by atoms with van der Waals surface area (Å²) in [6, 6.07) is 5.00. The van der Waals surface area contributed by atoms with E-state index in [1.54, 1.807) is 18.5 Å². The van der Waals surface area contributed by atoms with Crippen molar-refractivity contribution < 1.29 is 22.7 Å². The first-order valence-corrected chi connectivity index (χ1v) is 12.4. The lowest BCUT2D eigenvalue weighted by atomic mass is 10.0. The number of nitrogens with one attached hydrogen (secondary N) is 1. The number of alkyl halides is 2. The highest BCUT2D eigenvalue weighted by molar-refractivity contribution is 7.09. The molecule has 0 spiro atoms. The van der Waals surface area contributed by atoms with Crippen LogP contribution in [0, 0.1) is 5.82 Å². The molecule has 2 aromatic heterocycles. The van der Waals surface area contributed by atoms with Gasteiger partial charge in [0.05, 0.1) is 38.2 Å². The van der Waals surface area contributed by atoms with Crippen LogP contribution in [0.1, 0.15) is 46.2 Å². The summed E-state index contributed by atoms with van der Waals surface area (Å²) in [5.74, 6) is -0.990. The number of amides is 1. The predicted octanol–water partition coefficient (Wildman–Crippen LogP) is 5.94. The lowest BCUT2D eigenvalue weighted by molar-refractivity contribution is 0.0701. The maximum Gasteiger partial charge on any atom is 0.281 e. The van der Waals surface area contributed by atoms with Crippen LogP contribution in [0.25, 0.3) is 0 Å². The number of nitrogens with zero attached hydrogens (tertiary/aromatic N) is 3. The molecule has 186 valence electrons. The standard InChI is InChI=1S/C23H21Cl2F3N4O2S/c24-14-4-7-29-11-18(14)34-13-5-8-32(9-6-13)17(21-20(22(27)28)31-12-35-21)10-30-23(33)19-15(25)2-1-3-16(19)26/h1-4,7,11-13,17,22H,5-6,8-10H2,(H,30,33). The van der Waals surface area contributed by atoms with Crippen LogP contribution in [0.5, 0.6) is 5.75 Å². The zero-order valence-electron chi connectivity index (χ0n) is 18.3. The number of thiazole rings is 1. The lowest BCUT2D eigenvalue weighted by Gasteiger charge is -2.37. The molecule has 0 aliphatic carbocycles. The van der Waals surface area contributed by atoms with Crippen molar-refractivity contribution in [2.24, 2.45) is 0 Å². The van der Waals surface area contributed by atoms with E-state index >= 15 is 0 Å². The number of benzene rings is 1. The van der Waals surface area contributed by atoms with E-state index in [0.29, 0.717) is 41.6 Å². The van der Waals surface area contributed by atoms with E-state index in [9.17, 15) is 18.0 Å². The Bertz CT molecular complexity index is 1150. The van der Waals surface area contributed by atoms with E-state index in [0.717, 1.165) is 17.4 Å². The fourth-order valence-corrected chi connectivity index (χ4v) is 5.32. The quantitative estimate of drug-likeness (QED) is 0.380. The second-order valence-electron chi connectivity index (χ2n) is 7.88. The van der Waals surface area contributed by atoms with Gasteiger partial charge in [0.15, 0.2) is 5.75 Å². The average molecular weight is 545 g/mol. The zero-order valence-corrected chi connectivity index (χ0v) is 20.6. The summed E-state index contributed by atoms with van der Waals surface area (Å²) >= 11 is 13.3. The second-order valence-corrected chi connectivity index (χ2v) is 9.59. The molecule has 1 aliphatic heterocycles. The molecule has 0 bridgehead atoms. The number of hydrogen-bond acceptors (Lipinski definition) is 6. The van der Waals surface area contributed by atoms with E-state index in [1.807, 2.05) is 4.90 Å². The summed E-state index contributed by atoms with van der Waals surface area (Å²) in [4.78, 5) is 22.9. The monoisotopic (exact) mass is 544 g/mol. The lowest BCUT2D eigenvalue weighted by Crippen LogP contribution is -2.44. The Kier molecular flexibility index (Phi) is 8.48. The number of rotatable bonds is 8. The summed E-state index contributed by atoms with van der Waals surface area (Å²) in [6.45, 7) is 1.01. The van der Waals surface area contributed by atoms with Crippen molar-refractivity contribution in [3.63, 3.8) is 0 Å². The van der Waals surface area contributed by atoms with Gasteiger partial charge in [0.2, 0.25) is 0 Å². The molecule has 1 atom stereocenters. The molecule has 12 heteroatoms. The van der Waals surface area contributed by atoms with Gasteiger partial charge in [0.1, 0.15) is 17.6 Å². The van der Waals surface area contributed by atoms with Gasteiger partial charge in [-0.05, 0) is 31.0 Å². The molecule has 1 fully saturated rings. The molecule has 0 saturated carbocycles. The molecule has 4 rings (SSSR count). The number of halogens is 5. The number of pyridine rings is 1. The van der Waals surface area contributed by atoms with Gasteiger partial charge >= 0.3 is 0 Å². The number of aromatic nitrogens is 2. The number of piperidine rings is 1. The Balaban J connectivity index is 1.48. The first kappa shape index (κ1) is 25.7. The Hall–Kier alpha value is -2.40. The van der Waals surface area contributed by atoms with Crippen molar-refractivity contribution in [3.05, 3.63) is 74.2 Å². The normalized spacial score (nSPS) is 15.8. The number of carbonyl (C=O) groups excluding carboxylic acids is 1. The van der Waals surface area contributed by atoms with Gasteiger partial charge in [-0.25, -0.2) is 18.2 Å². The van der Waals surface area contributed by atoms with Crippen molar-refractivity contribution in [1.29, 1.82) is 0 Å². The first-order valence-electron chi connectivity index (χ1n) is 10.8. The van der Waals surface area contributed by atoms with Crippen LogP contribution >= 0.6 is 34.5 Å². The van der Waals surface area contributed by atoms with E-state index < -0.39 is 24.2 Å². The molecule has 35 heavy (non-hydrogen) atoms. The second kappa shape index (κ2) is 11.6. The van der Waals surface area contributed by atoms with E-state index in [4.69, 9.17) is 27.9 Å². The van der Waals surface area contributed by atoms with Crippen molar-refractivity contribution in [1.82, 2.24) is 20.2 Å². The Labute approximate surface area is 214 Å². The minimum Gasteiger partial charge on any atom is -0.487 e. The third-order valence-electron chi connectivity index (χ3n) is 5.72. The van der Waals surface area contributed by atoms with Crippen LogP contribution < -0.4 is 10.1 Å². The fourth-order valence-electron chi connectivity index (χ4n) is 3.99. The van der Waals surface area contributed by atoms with Gasteiger partial charge in [0.25, 0.3) is 12.3 Å². The number of carbonyl (C=O) groups is 1. The van der Waals surface area contributed by atoms with Crippen molar-refractivity contribution in [2.75, 3.05) is 19.6 Å². The SMILES string of the molecule is O=C(NCC(c1scnc1C(F)F)N1CCC(Oc2cnccc2Cl)CC1)c1c(F)cccc1Cl. The minimum atomic E-state index is -2.76. The minimum absolute atomic E-state index is 0.0225. The first-order chi connectivity index (χ1) is 16.8. The number of ether oxygens (including phenoxy) is 1. The molecule has 1 saturated heterocycles.